The van der Waals surface area contributed by atoms with Crippen LogP contribution in [0.1, 0.15) is 16.7 Å². The van der Waals surface area contributed by atoms with Crippen molar-refractivity contribution in [3.05, 3.63) is 63.1 Å². The van der Waals surface area contributed by atoms with E-state index in [1.165, 1.54) is 5.56 Å². The van der Waals surface area contributed by atoms with Gasteiger partial charge >= 0.3 is 0 Å². The maximum atomic E-state index is 13.6. The average Bonchev–Trinajstić information content (AvgIpc) is 2.34. The van der Waals surface area contributed by atoms with Gasteiger partial charge in [0.15, 0.2) is 0 Å². The second-order valence-electron chi connectivity index (χ2n) is 4.53. The van der Waals surface area contributed by atoms with Gasteiger partial charge in [-0.3, -0.25) is 0 Å². The summed E-state index contributed by atoms with van der Waals surface area (Å²) in [4.78, 5) is 0. The van der Waals surface area contributed by atoms with Crippen molar-refractivity contribution in [3.8, 4) is 0 Å². The molecule has 0 bridgehead atoms. The van der Waals surface area contributed by atoms with Crippen LogP contribution in [0.25, 0.3) is 0 Å². The largest absolute Gasteiger partial charge is 0.379 e. The number of rotatable bonds is 3. The van der Waals surface area contributed by atoms with Crippen molar-refractivity contribution < 1.29 is 8.78 Å². The molecule has 0 atom stereocenters. The molecule has 0 saturated carbocycles. The van der Waals surface area contributed by atoms with Crippen LogP contribution in [0.15, 0.2) is 34.8 Å². The van der Waals surface area contributed by atoms with Gasteiger partial charge in [0.1, 0.15) is 11.6 Å². The van der Waals surface area contributed by atoms with E-state index < -0.39 is 11.6 Å². The summed E-state index contributed by atoms with van der Waals surface area (Å²) >= 11 is 2.95. The van der Waals surface area contributed by atoms with E-state index in [-0.39, 0.29) is 10.2 Å². The topological polar surface area (TPSA) is 12.0 Å². The highest BCUT2D eigenvalue weighted by Crippen LogP contribution is 2.24. The van der Waals surface area contributed by atoms with E-state index in [2.05, 4.69) is 27.3 Å². The molecule has 2 aromatic rings. The molecule has 0 unspecified atom stereocenters. The Balaban J connectivity index is 2.16. The van der Waals surface area contributed by atoms with Crippen LogP contribution in [0.2, 0.25) is 0 Å². The summed E-state index contributed by atoms with van der Waals surface area (Å²) in [5.41, 5.74) is 3.54. The molecule has 0 aliphatic heterocycles. The van der Waals surface area contributed by atoms with E-state index in [9.17, 15) is 8.78 Å². The van der Waals surface area contributed by atoms with Gasteiger partial charge in [-0.2, -0.15) is 0 Å². The van der Waals surface area contributed by atoms with Gasteiger partial charge in [-0.05, 0) is 47.0 Å². The Kier molecular flexibility index (Phi) is 4.20. The number of hydrogen-bond acceptors (Lipinski definition) is 1. The lowest BCUT2D eigenvalue weighted by atomic mass is 10.1. The second kappa shape index (κ2) is 5.70. The molecule has 1 N–H and O–H groups in total. The third-order valence-corrected chi connectivity index (χ3v) is 3.59. The van der Waals surface area contributed by atoms with Crippen LogP contribution in [-0.2, 0) is 6.54 Å². The van der Waals surface area contributed by atoms with Crippen molar-refractivity contribution >= 4 is 21.6 Å². The van der Waals surface area contributed by atoms with Crippen molar-refractivity contribution in [2.45, 2.75) is 20.4 Å². The highest BCUT2D eigenvalue weighted by atomic mass is 79.9. The van der Waals surface area contributed by atoms with E-state index in [1.54, 1.807) is 0 Å². The Labute approximate surface area is 119 Å². The molecule has 0 amide bonds. The first-order chi connectivity index (χ1) is 8.97. The first kappa shape index (κ1) is 14.0. The summed E-state index contributed by atoms with van der Waals surface area (Å²) < 4.78 is 27.1. The summed E-state index contributed by atoms with van der Waals surface area (Å²) in [6, 6.07) is 8.34. The van der Waals surface area contributed by atoms with Crippen LogP contribution >= 0.6 is 15.9 Å². The number of halogens is 3. The smallest absolute Gasteiger partial charge is 0.147 e. The third-order valence-electron chi connectivity index (χ3n) is 2.98. The fourth-order valence-corrected chi connectivity index (χ4v) is 2.21. The SMILES string of the molecule is Cc1ccc(CNc2cc(F)c(Br)cc2F)c(C)c1. The summed E-state index contributed by atoms with van der Waals surface area (Å²) in [5.74, 6) is -0.956. The fourth-order valence-electron chi connectivity index (χ4n) is 1.89. The molecular weight excluding hydrogens is 312 g/mol. The van der Waals surface area contributed by atoms with Gasteiger partial charge in [0, 0.05) is 12.6 Å². The normalized spacial score (nSPS) is 10.6. The van der Waals surface area contributed by atoms with Crippen LogP contribution in [0.5, 0.6) is 0 Å². The second-order valence-corrected chi connectivity index (χ2v) is 5.38. The maximum Gasteiger partial charge on any atom is 0.147 e. The Morgan fingerprint density at radius 3 is 2.47 bits per heavy atom. The zero-order valence-corrected chi connectivity index (χ0v) is 12.3. The molecule has 4 heteroatoms. The lowest BCUT2D eigenvalue weighted by Gasteiger charge is -2.11. The van der Waals surface area contributed by atoms with E-state index in [0.717, 1.165) is 23.3 Å². The summed E-state index contributed by atoms with van der Waals surface area (Å²) in [7, 11) is 0. The minimum absolute atomic E-state index is 0.127. The zero-order chi connectivity index (χ0) is 14.0. The lowest BCUT2D eigenvalue weighted by Crippen LogP contribution is -2.04. The molecule has 0 saturated heterocycles. The van der Waals surface area contributed by atoms with Gasteiger partial charge in [-0.1, -0.05) is 23.8 Å². The highest BCUT2D eigenvalue weighted by Gasteiger charge is 2.08. The van der Waals surface area contributed by atoms with Crippen LogP contribution in [-0.4, -0.2) is 0 Å². The van der Waals surface area contributed by atoms with Gasteiger partial charge in [0.25, 0.3) is 0 Å². The zero-order valence-electron chi connectivity index (χ0n) is 10.7. The Hall–Kier alpha value is -1.42. The molecule has 19 heavy (non-hydrogen) atoms. The van der Waals surface area contributed by atoms with E-state index in [0.29, 0.717) is 6.54 Å². The number of anilines is 1. The molecule has 0 spiro atoms. The van der Waals surface area contributed by atoms with Crippen molar-refractivity contribution in [2.24, 2.45) is 0 Å². The Morgan fingerprint density at radius 2 is 1.79 bits per heavy atom. The first-order valence-corrected chi connectivity index (χ1v) is 6.71. The lowest BCUT2D eigenvalue weighted by molar-refractivity contribution is 0.596. The molecule has 0 heterocycles. The molecule has 0 aliphatic carbocycles. The summed E-state index contributed by atoms with van der Waals surface area (Å²) in [6.45, 7) is 4.49. The molecule has 0 aromatic heterocycles. The minimum atomic E-state index is -0.482. The molecule has 1 nitrogen and oxygen atoms in total. The standard InChI is InChI=1S/C15H14BrF2N/c1-9-3-4-11(10(2)5-9)8-19-15-7-13(17)12(16)6-14(15)18/h3-7,19H,8H2,1-2H3. The van der Waals surface area contributed by atoms with Crippen molar-refractivity contribution in [2.75, 3.05) is 5.32 Å². The van der Waals surface area contributed by atoms with Crippen molar-refractivity contribution in [1.29, 1.82) is 0 Å². The average molecular weight is 326 g/mol. The van der Waals surface area contributed by atoms with Crippen molar-refractivity contribution in [1.82, 2.24) is 0 Å². The highest BCUT2D eigenvalue weighted by molar-refractivity contribution is 9.10. The van der Waals surface area contributed by atoms with Crippen LogP contribution in [0, 0.1) is 25.5 Å². The molecule has 2 rings (SSSR count). The molecule has 2 aromatic carbocycles. The van der Waals surface area contributed by atoms with Gasteiger partial charge < -0.3 is 5.32 Å². The predicted octanol–water partition coefficient (Wildman–Crippen LogP) is 4.96. The van der Waals surface area contributed by atoms with Crippen LogP contribution < -0.4 is 5.32 Å². The van der Waals surface area contributed by atoms with E-state index in [4.69, 9.17) is 0 Å². The van der Waals surface area contributed by atoms with Crippen LogP contribution in [0.3, 0.4) is 0 Å². The molecule has 0 aliphatic rings. The first-order valence-electron chi connectivity index (χ1n) is 5.92. The molecule has 100 valence electrons. The summed E-state index contributed by atoms with van der Waals surface area (Å²) in [5, 5.41) is 2.92. The van der Waals surface area contributed by atoms with Gasteiger partial charge in [0.05, 0.1) is 10.2 Å². The van der Waals surface area contributed by atoms with E-state index >= 15 is 0 Å². The Morgan fingerprint density at radius 1 is 1.05 bits per heavy atom. The number of benzene rings is 2. The number of hydrogen-bond donors (Lipinski definition) is 1. The predicted molar refractivity (Wildman–Crippen MR) is 77.3 cm³/mol. The number of aryl methyl sites for hydroxylation is 2. The fraction of sp³-hybridized carbons (Fsp3) is 0.200. The molecule has 0 fully saturated rings. The third kappa shape index (κ3) is 3.32. The summed E-state index contributed by atoms with van der Waals surface area (Å²) in [6.07, 6.45) is 0. The van der Waals surface area contributed by atoms with Crippen molar-refractivity contribution in [3.63, 3.8) is 0 Å². The number of nitrogens with one attached hydrogen (secondary N) is 1. The quantitative estimate of drug-likeness (QED) is 0.787. The monoisotopic (exact) mass is 325 g/mol. The van der Waals surface area contributed by atoms with Gasteiger partial charge in [0.2, 0.25) is 0 Å². The molecule has 0 radical (unpaired) electrons. The minimum Gasteiger partial charge on any atom is -0.379 e. The van der Waals surface area contributed by atoms with Gasteiger partial charge in [-0.25, -0.2) is 8.78 Å². The molecular formula is C15H14BrF2N. The van der Waals surface area contributed by atoms with E-state index in [1.807, 2.05) is 26.0 Å². The maximum absolute atomic E-state index is 13.6. The van der Waals surface area contributed by atoms with Gasteiger partial charge in [-0.15, -0.1) is 0 Å². The van der Waals surface area contributed by atoms with Crippen LogP contribution in [0.4, 0.5) is 14.5 Å². The Bertz CT molecular complexity index is 611.